The maximum atomic E-state index is 12.4. The molecule has 0 spiro atoms. The van der Waals surface area contributed by atoms with Gasteiger partial charge in [-0.05, 0) is 60.6 Å². The Morgan fingerprint density at radius 2 is 1.81 bits per heavy atom. The fourth-order valence-electron chi connectivity index (χ4n) is 3.60. The molecule has 0 fully saturated rings. The van der Waals surface area contributed by atoms with E-state index in [0.717, 1.165) is 48.3 Å². The van der Waals surface area contributed by atoms with Gasteiger partial charge in [-0.25, -0.2) is 0 Å². The molecular weight excluding hydrogens is 336 g/mol. The molecule has 3 rings (SSSR count). The molecule has 0 aromatic heterocycles. The minimum absolute atomic E-state index is 0.0181. The molecule has 4 nitrogen and oxygen atoms in total. The van der Waals surface area contributed by atoms with Crippen molar-refractivity contribution in [3.8, 4) is 0 Å². The molecule has 0 saturated heterocycles. The van der Waals surface area contributed by atoms with Gasteiger partial charge in [-0.2, -0.15) is 0 Å². The summed E-state index contributed by atoms with van der Waals surface area (Å²) in [4.78, 5) is 26.0. The Morgan fingerprint density at radius 3 is 2.52 bits per heavy atom. The number of fused-ring (bicyclic) bond motifs is 1. The largest absolute Gasteiger partial charge is 0.326 e. The number of aryl methyl sites for hydroxylation is 2. The molecule has 0 atom stereocenters. The van der Waals surface area contributed by atoms with Crippen LogP contribution in [0.15, 0.2) is 42.5 Å². The lowest BCUT2D eigenvalue weighted by Gasteiger charge is -2.29. The molecule has 0 bridgehead atoms. The lowest BCUT2D eigenvalue weighted by atomic mass is 10.0. The normalized spacial score (nSPS) is 13.2. The molecule has 1 aliphatic rings. The van der Waals surface area contributed by atoms with Crippen molar-refractivity contribution in [3.05, 3.63) is 59.2 Å². The van der Waals surface area contributed by atoms with Gasteiger partial charge in [0.1, 0.15) is 0 Å². The van der Waals surface area contributed by atoms with Crippen molar-refractivity contribution in [1.82, 2.24) is 0 Å². The van der Waals surface area contributed by atoms with Gasteiger partial charge in [0.05, 0.1) is 6.42 Å². The second kappa shape index (κ2) is 8.85. The van der Waals surface area contributed by atoms with Gasteiger partial charge in [-0.15, -0.1) is 0 Å². The number of amides is 2. The van der Waals surface area contributed by atoms with Crippen LogP contribution in [-0.2, 0) is 28.9 Å². The van der Waals surface area contributed by atoms with E-state index in [4.69, 9.17) is 0 Å². The number of carbonyl (C=O) groups is 2. The van der Waals surface area contributed by atoms with Crippen LogP contribution in [0.1, 0.15) is 49.8 Å². The Morgan fingerprint density at radius 1 is 1.07 bits per heavy atom. The van der Waals surface area contributed by atoms with Gasteiger partial charge in [0.15, 0.2) is 0 Å². The van der Waals surface area contributed by atoms with E-state index in [1.165, 1.54) is 18.4 Å². The van der Waals surface area contributed by atoms with Crippen molar-refractivity contribution < 1.29 is 9.59 Å². The van der Waals surface area contributed by atoms with E-state index < -0.39 is 0 Å². The predicted octanol–water partition coefficient (Wildman–Crippen LogP) is 4.51. The summed E-state index contributed by atoms with van der Waals surface area (Å²) in [6.45, 7) is 4.55. The number of hydrogen-bond acceptors (Lipinski definition) is 2. The first kappa shape index (κ1) is 19.2. The number of rotatable bonds is 6. The third kappa shape index (κ3) is 4.97. The van der Waals surface area contributed by atoms with Crippen molar-refractivity contribution in [2.75, 3.05) is 16.8 Å². The van der Waals surface area contributed by atoms with Crippen LogP contribution in [0.5, 0.6) is 0 Å². The second-order valence-electron chi connectivity index (χ2n) is 7.26. The first-order chi connectivity index (χ1) is 13.1. The quantitative estimate of drug-likeness (QED) is 0.820. The molecule has 2 amide bonds. The van der Waals surface area contributed by atoms with Crippen molar-refractivity contribution >= 4 is 23.2 Å². The topological polar surface area (TPSA) is 49.4 Å². The van der Waals surface area contributed by atoms with E-state index in [1.807, 2.05) is 35.2 Å². The highest BCUT2D eigenvalue weighted by molar-refractivity contribution is 5.95. The van der Waals surface area contributed by atoms with Crippen molar-refractivity contribution in [2.45, 2.75) is 52.4 Å². The van der Waals surface area contributed by atoms with Gasteiger partial charge in [0.25, 0.3) is 0 Å². The Balaban J connectivity index is 1.62. The summed E-state index contributed by atoms with van der Waals surface area (Å²) < 4.78 is 0. The van der Waals surface area contributed by atoms with Crippen molar-refractivity contribution in [1.29, 1.82) is 0 Å². The summed E-state index contributed by atoms with van der Waals surface area (Å²) in [6, 6.07) is 14.1. The van der Waals surface area contributed by atoms with E-state index in [1.54, 1.807) is 6.92 Å². The molecule has 1 aliphatic heterocycles. The van der Waals surface area contributed by atoms with Crippen molar-refractivity contribution in [2.24, 2.45) is 0 Å². The highest BCUT2D eigenvalue weighted by Crippen LogP contribution is 2.29. The number of anilines is 2. The fourth-order valence-corrected chi connectivity index (χ4v) is 3.60. The van der Waals surface area contributed by atoms with Crippen LogP contribution in [0.2, 0.25) is 0 Å². The lowest BCUT2D eigenvalue weighted by molar-refractivity contribution is -0.117. The summed E-state index contributed by atoms with van der Waals surface area (Å²) >= 11 is 0. The first-order valence-electron chi connectivity index (χ1n) is 9.85. The van der Waals surface area contributed by atoms with Crippen LogP contribution in [0.4, 0.5) is 11.4 Å². The highest BCUT2D eigenvalue weighted by atomic mass is 16.2. The molecule has 0 unspecified atom stereocenters. The minimum atomic E-state index is -0.0181. The Bertz CT molecular complexity index is 812. The van der Waals surface area contributed by atoms with E-state index in [0.29, 0.717) is 6.42 Å². The number of benzene rings is 2. The van der Waals surface area contributed by atoms with E-state index in [2.05, 4.69) is 24.4 Å². The molecule has 0 radical (unpaired) electrons. The second-order valence-corrected chi connectivity index (χ2v) is 7.26. The van der Waals surface area contributed by atoms with Gasteiger partial charge in [-0.3, -0.25) is 9.59 Å². The lowest BCUT2D eigenvalue weighted by Crippen LogP contribution is -2.33. The number of carbonyl (C=O) groups excluding carboxylic acids is 2. The van der Waals surface area contributed by atoms with Crippen LogP contribution >= 0.6 is 0 Å². The van der Waals surface area contributed by atoms with E-state index >= 15 is 0 Å². The van der Waals surface area contributed by atoms with E-state index in [9.17, 15) is 9.59 Å². The average molecular weight is 364 g/mol. The predicted molar refractivity (Wildman–Crippen MR) is 110 cm³/mol. The van der Waals surface area contributed by atoms with Crippen molar-refractivity contribution in [3.63, 3.8) is 0 Å². The molecular formula is C23H28N2O2. The summed E-state index contributed by atoms with van der Waals surface area (Å²) in [5, 5.41) is 2.99. The zero-order valence-corrected chi connectivity index (χ0v) is 16.3. The standard InChI is InChI=1S/C23H28N2O2/c1-3-4-6-18-8-10-19(11-9-18)15-23(27)24-21-12-13-22-20(16-21)7-5-14-25(22)17(2)26/h8-13,16H,3-7,14-15H2,1-2H3,(H,24,27). The Hall–Kier alpha value is -2.62. The van der Waals surface area contributed by atoms with Crippen LogP contribution in [0, 0.1) is 0 Å². The van der Waals surface area contributed by atoms with Gasteiger partial charge < -0.3 is 10.2 Å². The molecule has 0 saturated carbocycles. The van der Waals surface area contributed by atoms with Crippen LogP contribution in [0.3, 0.4) is 0 Å². The zero-order valence-electron chi connectivity index (χ0n) is 16.3. The molecule has 4 heteroatoms. The molecule has 27 heavy (non-hydrogen) atoms. The summed E-state index contributed by atoms with van der Waals surface area (Å²) in [7, 11) is 0. The summed E-state index contributed by atoms with van der Waals surface area (Å²) in [6.07, 6.45) is 5.73. The van der Waals surface area contributed by atoms with Crippen LogP contribution in [-0.4, -0.2) is 18.4 Å². The zero-order chi connectivity index (χ0) is 19.2. The van der Waals surface area contributed by atoms with Crippen LogP contribution in [0.25, 0.3) is 0 Å². The maximum Gasteiger partial charge on any atom is 0.228 e. The highest BCUT2D eigenvalue weighted by Gasteiger charge is 2.20. The molecule has 1 heterocycles. The van der Waals surface area contributed by atoms with Crippen LogP contribution < -0.4 is 10.2 Å². The minimum Gasteiger partial charge on any atom is -0.326 e. The van der Waals surface area contributed by atoms with Gasteiger partial charge in [0.2, 0.25) is 11.8 Å². The third-order valence-electron chi connectivity index (χ3n) is 5.07. The SMILES string of the molecule is CCCCc1ccc(CC(=O)Nc2ccc3c(c2)CCCN3C(C)=O)cc1. The number of unbranched alkanes of at least 4 members (excludes halogenated alkanes) is 1. The monoisotopic (exact) mass is 364 g/mol. The number of nitrogens with zero attached hydrogens (tertiary/aromatic N) is 1. The maximum absolute atomic E-state index is 12.4. The third-order valence-corrected chi connectivity index (χ3v) is 5.07. The molecule has 2 aromatic carbocycles. The Labute approximate surface area is 161 Å². The average Bonchev–Trinajstić information content (AvgIpc) is 2.66. The van der Waals surface area contributed by atoms with Gasteiger partial charge in [0, 0.05) is 24.8 Å². The molecule has 0 aliphatic carbocycles. The number of hydrogen-bond donors (Lipinski definition) is 1. The fraction of sp³-hybridized carbons (Fsp3) is 0.391. The smallest absolute Gasteiger partial charge is 0.228 e. The van der Waals surface area contributed by atoms with E-state index in [-0.39, 0.29) is 11.8 Å². The van der Waals surface area contributed by atoms with Gasteiger partial charge in [-0.1, -0.05) is 37.6 Å². The summed E-state index contributed by atoms with van der Waals surface area (Å²) in [5.41, 5.74) is 5.23. The van der Waals surface area contributed by atoms with Gasteiger partial charge >= 0.3 is 0 Å². The first-order valence-corrected chi connectivity index (χ1v) is 9.85. The molecule has 1 N–H and O–H groups in total. The summed E-state index contributed by atoms with van der Waals surface area (Å²) in [5.74, 6) is 0.0469. The number of nitrogens with one attached hydrogen (secondary N) is 1. The molecule has 142 valence electrons. The molecule has 2 aromatic rings. The Kier molecular flexibility index (Phi) is 6.28.